The van der Waals surface area contributed by atoms with Gasteiger partial charge in [0.1, 0.15) is 11.9 Å². The Balaban J connectivity index is 2.92. The van der Waals surface area contributed by atoms with Gasteiger partial charge in [0.15, 0.2) is 0 Å². The first-order chi connectivity index (χ1) is 11.8. The third-order valence-corrected chi connectivity index (χ3v) is 4.33. The van der Waals surface area contributed by atoms with E-state index < -0.39 is 6.10 Å². The van der Waals surface area contributed by atoms with Crippen LogP contribution in [0.3, 0.4) is 0 Å². The minimum atomic E-state index is -0.521. The molecule has 0 fully saturated rings. The average molecular weight is 371 g/mol. The van der Waals surface area contributed by atoms with Gasteiger partial charge in [0.25, 0.3) is 5.91 Å². The van der Waals surface area contributed by atoms with Crippen LogP contribution in [-0.4, -0.2) is 54.0 Å². The molecule has 25 heavy (non-hydrogen) atoms. The number of nitrogens with zero attached hydrogens (tertiary/aromatic N) is 2. The van der Waals surface area contributed by atoms with Crippen molar-refractivity contribution in [1.82, 2.24) is 10.2 Å². The molecule has 1 aromatic carbocycles. The van der Waals surface area contributed by atoms with Gasteiger partial charge in [-0.25, -0.2) is 0 Å². The van der Waals surface area contributed by atoms with Crippen molar-refractivity contribution in [3.8, 4) is 5.75 Å². The molecule has 1 atom stereocenters. The number of rotatable bonds is 9. The SMILES string of the molecule is CCN(CC)CCNC(=O)c1cc(Cl)c(N)cc1OC(C)C(C)=NO. The first-order valence-electron chi connectivity index (χ1n) is 8.28. The monoisotopic (exact) mass is 370 g/mol. The van der Waals surface area contributed by atoms with Gasteiger partial charge < -0.3 is 25.9 Å². The Hall–Kier alpha value is -1.99. The van der Waals surface area contributed by atoms with Crippen molar-refractivity contribution in [2.75, 3.05) is 31.9 Å². The van der Waals surface area contributed by atoms with Crippen molar-refractivity contribution >= 4 is 28.9 Å². The van der Waals surface area contributed by atoms with Gasteiger partial charge in [-0.15, -0.1) is 0 Å². The van der Waals surface area contributed by atoms with E-state index in [1.54, 1.807) is 13.8 Å². The summed E-state index contributed by atoms with van der Waals surface area (Å²) in [5.74, 6) is -0.00687. The lowest BCUT2D eigenvalue weighted by atomic mass is 10.1. The zero-order valence-electron chi connectivity index (χ0n) is 15.2. The van der Waals surface area contributed by atoms with Crippen molar-refractivity contribution in [1.29, 1.82) is 0 Å². The van der Waals surface area contributed by atoms with Crippen LogP contribution in [0.15, 0.2) is 17.3 Å². The highest BCUT2D eigenvalue weighted by Gasteiger charge is 2.18. The zero-order valence-corrected chi connectivity index (χ0v) is 15.9. The predicted molar refractivity (Wildman–Crippen MR) is 101 cm³/mol. The number of anilines is 1. The highest BCUT2D eigenvalue weighted by atomic mass is 35.5. The standard InChI is InChI=1S/C17H27ClN4O3/c1-5-22(6-2)8-7-20-17(23)13-9-14(18)15(19)10-16(13)25-12(4)11(3)21-24/h9-10,12,24H,5-8,19H2,1-4H3,(H,20,23). The van der Waals surface area contributed by atoms with Gasteiger partial charge in [-0.2, -0.15) is 0 Å². The van der Waals surface area contributed by atoms with Crippen LogP contribution in [0, 0.1) is 0 Å². The van der Waals surface area contributed by atoms with E-state index >= 15 is 0 Å². The van der Waals surface area contributed by atoms with Crippen molar-refractivity contribution in [3.05, 3.63) is 22.7 Å². The third kappa shape index (κ3) is 6.10. The maximum Gasteiger partial charge on any atom is 0.255 e. The fourth-order valence-electron chi connectivity index (χ4n) is 2.16. The zero-order chi connectivity index (χ0) is 19.0. The molecular formula is C17H27ClN4O3. The lowest BCUT2D eigenvalue weighted by molar-refractivity contribution is 0.0944. The Kier molecular flexibility index (Phi) is 8.51. The molecule has 0 aromatic heterocycles. The molecule has 0 spiro atoms. The molecule has 0 bridgehead atoms. The molecule has 1 amide bonds. The number of hydrogen-bond acceptors (Lipinski definition) is 6. The summed E-state index contributed by atoms with van der Waals surface area (Å²) in [7, 11) is 0. The van der Waals surface area contributed by atoms with E-state index in [0.29, 0.717) is 17.9 Å². The summed E-state index contributed by atoms with van der Waals surface area (Å²) in [5, 5.41) is 15.1. The molecule has 1 unspecified atom stereocenters. The smallest absolute Gasteiger partial charge is 0.255 e. The Bertz CT molecular complexity index is 618. The topological polar surface area (TPSA) is 100 Å². The van der Waals surface area contributed by atoms with Gasteiger partial charge in [-0.05, 0) is 33.0 Å². The number of ether oxygens (including phenoxy) is 1. The second-order valence-electron chi connectivity index (χ2n) is 5.65. The summed E-state index contributed by atoms with van der Waals surface area (Å²) in [6, 6.07) is 2.99. The maximum atomic E-state index is 12.5. The van der Waals surface area contributed by atoms with Crippen LogP contribution in [0.4, 0.5) is 5.69 Å². The largest absolute Gasteiger partial charge is 0.484 e. The molecule has 0 radical (unpaired) electrons. The number of amides is 1. The Labute approximate surface area is 153 Å². The maximum absolute atomic E-state index is 12.5. The van der Waals surface area contributed by atoms with E-state index in [2.05, 4.69) is 29.2 Å². The summed E-state index contributed by atoms with van der Waals surface area (Å²) in [5.41, 5.74) is 6.79. The fourth-order valence-corrected chi connectivity index (χ4v) is 2.33. The number of nitrogens with one attached hydrogen (secondary N) is 1. The molecule has 4 N–H and O–H groups in total. The molecule has 1 rings (SSSR count). The lowest BCUT2D eigenvalue weighted by Gasteiger charge is -2.19. The van der Waals surface area contributed by atoms with Crippen LogP contribution in [0.1, 0.15) is 38.1 Å². The summed E-state index contributed by atoms with van der Waals surface area (Å²) < 4.78 is 5.72. The van der Waals surface area contributed by atoms with E-state index in [-0.39, 0.29) is 22.2 Å². The fraction of sp³-hybridized carbons (Fsp3) is 0.529. The second-order valence-corrected chi connectivity index (χ2v) is 6.06. The highest BCUT2D eigenvalue weighted by Crippen LogP contribution is 2.29. The van der Waals surface area contributed by atoms with E-state index in [9.17, 15) is 4.79 Å². The van der Waals surface area contributed by atoms with Crippen LogP contribution in [0.5, 0.6) is 5.75 Å². The van der Waals surface area contributed by atoms with Gasteiger partial charge in [0, 0.05) is 19.2 Å². The Morgan fingerprint density at radius 1 is 1.44 bits per heavy atom. The van der Waals surface area contributed by atoms with Crippen LogP contribution < -0.4 is 15.8 Å². The number of benzene rings is 1. The molecule has 0 saturated heterocycles. The van der Waals surface area contributed by atoms with Crippen LogP contribution >= 0.6 is 11.6 Å². The quantitative estimate of drug-likeness (QED) is 0.268. The molecule has 140 valence electrons. The molecule has 1 aromatic rings. The second kappa shape index (κ2) is 10.1. The average Bonchev–Trinajstić information content (AvgIpc) is 2.60. The molecular weight excluding hydrogens is 344 g/mol. The molecule has 0 aliphatic carbocycles. The predicted octanol–water partition coefficient (Wildman–Crippen LogP) is 2.61. The molecule has 0 saturated carbocycles. The number of carbonyl (C=O) groups excluding carboxylic acids is 1. The number of nitrogen functional groups attached to an aromatic ring is 1. The number of oxime groups is 1. The van der Waals surface area contributed by atoms with Gasteiger partial charge in [0.05, 0.1) is 22.0 Å². The Morgan fingerprint density at radius 3 is 2.64 bits per heavy atom. The summed E-state index contributed by atoms with van der Waals surface area (Å²) >= 11 is 6.05. The molecule has 0 aliphatic rings. The van der Waals surface area contributed by atoms with Gasteiger partial charge in [-0.3, -0.25) is 4.79 Å². The third-order valence-electron chi connectivity index (χ3n) is 4.00. The first-order valence-corrected chi connectivity index (χ1v) is 8.66. The number of carbonyl (C=O) groups is 1. The minimum Gasteiger partial charge on any atom is -0.484 e. The normalized spacial score (nSPS) is 13.0. The van der Waals surface area contributed by atoms with E-state index in [4.69, 9.17) is 27.3 Å². The lowest BCUT2D eigenvalue weighted by Crippen LogP contribution is -2.35. The molecule has 0 aliphatic heterocycles. The highest BCUT2D eigenvalue weighted by molar-refractivity contribution is 6.33. The number of nitrogens with two attached hydrogens (primary N) is 1. The molecule has 7 nitrogen and oxygen atoms in total. The van der Waals surface area contributed by atoms with Crippen molar-refractivity contribution in [3.63, 3.8) is 0 Å². The van der Waals surface area contributed by atoms with E-state index in [1.165, 1.54) is 12.1 Å². The number of hydrogen-bond donors (Lipinski definition) is 3. The van der Waals surface area contributed by atoms with Crippen LogP contribution in [-0.2, 0) is 0 Å². The van der Waals surface area contributed by atoms with Crippen molar-refractivity contribution in [2.24, 2.45) is 5.16 Å². The summed E-state index contributed by atoms with van der Waals surface area (Å²) in [6.07, 6.45) is -0.521. The number of likely N-dealkylation sites (N-methyl/N-ethyl adjacent to an activating group) is 1. The van der Waals surface area contributed by atoms with Gasteiger partial charge >= 0.3 is 0 Å². The van der Waals surface area contributed by atoms with Crippen molar-refractivity contribution < 1.29 is 14.7 Å². The first kappa shape index (κ1) is 21.1. The summed E-state index contributed by atoms with van der Waals surface area (Å²) in [6.45, 7) is 10.6. The van der Waals surface area contributed by atoms with E-state index in [0.717, 1.165) is 19.6 Å². The van der Waals surface area contributed by atoms with E-state index in [1.807, 2.05) is 0 Å². The Morgan fingerprint density at radius 2 is 2.08 bits per heavy atom. The van der Waals surface area contributed by atoms with Crippen molar-refractivity contribution in [2.45, 2.75) is 33.8 Å². The van der Waals surface area contributed by atoms with Crippen LogP contribution in [0.2, 0.25) is 5.02 Å². The van der Waals surface area contributed by atoms with Gasteiger partial charge in [0.2, 0.25) is 0 Å². The van der Waals surface area contributed by atoms with Gasteiger partial charge in [-0.1, -0.05) is 30.6 Å². The summed E-state index contributed by atoms with van der Waals surface area (Å²) in [4.78, 5) is 14.7. The molecule has 8 heteroatoms. The molecule has 0 heterocycles. The number of halogens is 1. The van der Waals surface area contributed by atoms with Crippen LogP contribution in [0.25, 0.3) is 0 Å². The minimum absolute atomic E-state index is 0.279.